The second-order valence-electron chi connectivity index (χ2n) is 7.68. The average Bonchev–Trinajstić information content (AvgIpc) is 3.20. The maximum atomic E-state index is 13.4. The third-order valence-electron chi connectivity index (χ3n) is 4.89. The third-order valence-corrected chi connectivity index (χ3v) is 4.89. The molecular weight excluding hydrogens is 429 g/mol. The Morgan fingerprint density at radius 1 is 1.33 bits per heavy atom. The van der Waals surface area contributed by atoms with Gasteiger partial charge in [-0.3, -0.25) is 14.7 Å². The average molecular weight is 458 g/mol. The number of halogens is 1. The summed E-state index contributed by atoms with van der Waals surface area (Å²) in [4.78, 5) is 21.0. The molecule has 0 unspecified atom stereocenters. The first-order valence-electron chi connectivity index (χ1n) is 10.4. The number of rotatable bonds is 10. The quantitative estimate of drug-likeness (QED) is 0.398. The summed E-state index contributed by atoms with van der Waals surface area (Å²) in [5.41, 5.74) is 2.49. The summed E-state index contributed by atoms with van der Waals surface area (Å²) in [5.74, 6) is -0.119. The molecule has 11 heteroatoms. The van der Waals surface area contributed by atoms with Gasteiger partial charge in [0.2, 0.25) is 11.9 Å². The molecule has 1 amide bonds. The highest BCUT2D eigenvalue weighted by atomic mass is 19.1. The van der Waals surface area contributed by atoms with E-state index >= 15 is 0 Å². The molecule has 0 radical (unpaired) electrons. The van der Waals surface area contributed by atoms with Crippen molar-refractivity contribution in [1.29, 1.82) is 0 Å². The molecule has 33 heavy (non-hydrogen) atoms. The lowest BCUT2D eigenvalue weighted by Gasteiger charge is -2.19. The molecule has 3 aromatic rings. The minimum Gasteiger partial charge on any atom is -0.381 e. The molecule has 0 spiro atoms. The fraction of sp³-hybridized carbons (Fsp3) is 0.364. The molecule has 0 saturated carbocycles. The van der Waals surface area contributed by atoms with E-state index in [4.69, 9.17) is 4.74 Å². The second kappa shape index (κ2) is 10.8. The lowest BCUT2D eigenvalue weighted by molar-refractivity contribution is -0.118. The van der Waals surface area contributed by atoms with Crippen LogP contribution in [0.5, 0.6) is 0 Å². The number of carbonyl (C=O) groups is 1. The maximum absolute atomic E-state index is 13.4. The van der Waals surface area contributed by atoms with Gasteiger partial charge in [0, 0.05) is 32.5 Å². The van der Waals surface area contributed by atoms with Gasteiger partial charge >= 0.3 is 0 Å². The summed E-state index contributed by atoms with van der Waals surface area (Å²) < 4.78 is 20.2. The molecule has 0 fully saturated rings. The zero-order chi connectivity index (χ0) is 24.0. The Morgan fingerprint density at radius 3 is 2.82 bits per heavy atom. The van der Waals surface area contributed by atoms with Crippen LogP contribution in [-0.4, -0.2) is 51.1 Å². The van der Waals surface area contributed by atoms with E-state index in [2.05, 4.69) is 25.7 Å². The number of hydrogen-bond donors (Lipinski definition) is 3. The highest BCUT2D eigenvalue weighted by Gasteiger charge is 2.18. The smallest absolute Gasteiger partial charge is 0.227 e. The molecule has 1 aromatic carbocycles. The number of amides is 1. The Morgan fingerprint density at radius 2 is 2.12 bits per heavy atom. The van der Waals surface area contributed by atoms with Gasteiger partial charge in [-0.05, 0) is 31.5 Å². The molecule has 176 valence electrons. The number of nitrogens with one attached hydrogen (secondary N) is 2. The van der Waals surface area contributed by atoms with Crippen molar-refractivity contribution in [2.75, 3.05) is 29.9 Å². The normalized spacial score (nSPS) is 11.8. The van der Waals surface area contributed by atoms with E-state index in [1.807, 2.05) is 12.3 Å². The van der Waals surface area contributed by atoms with Crippen molar-refractivity contribution in [3.8, 4) is 0 Å². The summed E-state index contributed by atoms with van der Waals surface area (Å²) in [6.07, 6.45) is 3.45. The van der Waals surface area contributed by atoms with Crippen molar-refractivity contribution in [1.82, 2.24) is 19.7 Å². The first kappa shape index (κ1) is 24.1. The molecule has 3 N–H and O–H groups in total. The fourth-order valence-corrected chi connectivity index (χ4v) is 3.14. The molecule has 10 nitrogen and oxygen atoms in total. The number of hydrogen-bond acceptors (Lipinski definition) is 8. The van der Waals surface area contributed by atoms with Crippen LogP contribution in [0.2, 0.25) is 0 Å². The number of methoxy groups -OCH3 is 1. The molecule has 3 rings (SSSR count). The Balaban J connectivity index is 1.68. The van der Waals surface area contributed by atoms with E-state index in [1.54, 1.807) is 30.8 Å². The molecule has 0 bridgehead atoms. The Hall–Kier alpha value is -3.57. The number of aryl methyl sites for hydroxylation is 1. The van der Waals surface area contributed by atoms with Crippen LogP contribution in [0.3, 0.4) is 0 Å². The molecule has 1 atom stereocenters. The SMILES string of the molecule is CO[C@H](C)CC(=O)Nc1c(C)nc(NCc2cnn(Cc3cccc(F)c3)c2)nc1N(C)O. The van der Waals surface area contributed by atoms with E-state index in [0.717, 1.165) is 16.2 Å². The summed E-state index contributed by atoms with van der Waals surface area (Å²) in [5, 5.41) is 21.0. The maximum Gasteiger partial charge on any atom is 0.227 e. The van der Waals surface area contributed by atoms with Gasteiger partial charge in [0.25, 0.3) is 0 Å². The summed E-state index contributed by atoms with van der Waals surface area (Å²) in [6, 6.07) is 6.37. The molecule has 0 saturated heterocycles. The minimum absolute atomic E-state index is 0.157. The zero-order valence-electron chi connectivity index (χ0n) is 19.0. The van der Waals surface area contributed by atoms with Gasteiger partial charge in [-0.1, -0.05) is 12.1 Å². The van der Waals surface area contributed by atoms with E-state index < -0.39 is 0 Å². The summed E-state index contributed by atoms with van der Waals surface area (Å²) in [7, 11) is 2.94. The van der Waals surface area contributed by atoms with Gasteiger partial charge < -0.3 is 15.4 Å². The van der Waals surface area contributed by atoms with Crippen molar-refractivity contribution in [2.45, 2.75) is 39.5 Å². The lowest BCUT2D eigenvalue weighted by Crippen LogP contribution is -2.23. The van der Waals surface area contributed by atoms with E-state index in [1.165, 1.54) is 26.3 Å². The van der Waals surface area contributed by atoms with Crippen LogP contribution < -0.4 is 15.7 Å². The van der Waals surface area contributed by atoms with Crippen molar-refractivity contribution in [2.24, 2.45) is 0 Å². The van der Waals surface area contributed by atoms with Crippen LogP contribution in [0.15, 0.2) is 36.7 Å². The van der Waals surface area contributed by atoms with E-state index in [0.29, 0.717) is 24.5 Å². The molecule has 0 aliphatic rings. The number of benzene rings is 1. The standard InChI is InChI=1S/C22H28FN7O3/c1-14(33-4)8-19(31)27-20-15(2)26-22(28-21(20)29(3)32)24-10-17-11-25-30(13-17)12-16-6-5-7-18(23)9-16/h5-7,9,11,13-14,32H,8,10,12H2,1-4H3,(H,27,31)(H,24,26,28)/t14-/m1/s1. The lowest BCUT2D eigenvalue weighted by atomic mass is 10.2. The van der Waals surface area contributed by atoms with Crippen LogP contribution in [0.1, 0.15) is 30.2 Å². The van der Waals surface area contributed by atoms with Crippen molar-refractivity contribution in [3.05, 3.63) is 59.3 Å². The third kappa shape index (κ3) is 6.70. The van der Waals surface area contributed by atoms with Crippen LogP contribution in [-0.2, 0) is 22.6 Å². The predicted molar refractivity (Wildman–Crippen MR) is 122 cm³/mol. The van der Waals surface area contributed by atoms with Gasteiger partial charge in [0.1, 0.15) is 11.5 Å². The molecule has 2 heterocycles. The van der Waals surface area contributed by atoms with Gasteiger partial charge in [-0.15, -0.1) is 0 Å². The van der Waals surface area contributed by atoms with Crippen LogP contribution >= 0.6 is 0 Å². The fourth-order valence-electron chi connectivity index (χ4n) is 3.14. The van der Waals surface area contributed by atoms with E-state index in [-0.39, 0.29) is 36.0 Å². The minimum atomic E-state index is -0.286. The van der Waals surface area contributed by atoms with Crippen molar-refractivity contribution < 1.29 is 19.1 Å². The second-order valence-corrected chi connectivity index (χ2v) is 7.68. The van der Waals surface area contributed by atoms with E-state index in [9.17, 15) is 14.4 Å². The number of nitrogens with zero attached hydrogens (tertiary/aromatic N) is 5. The number of carbonyl (C=O) groups excluding carboxylic acids is 1. The van der Waals surface area contributed by atoms with Gasteiger partial charge in [-0.25, -0.2) is 14.4 Å². The Bertz CT molecular complexity index is 1100. The van der Waals surface area contributed by atoms with Crippen molar-refractivity contribution in [3.63, 3.8) is 0 Å². The first-order valence-corrected chi connectivity index (χ1v) is 10.4. The monoisotopic (exact) mass is 457 g/mol. The van der Waals surface area contributed by atoms with Gasteiger partial charge in [-0.2, -0.15) is 10.1 Å². The van der Waals surface area contributed by atoms with Crippen LogP contribution in [0.4, 0.5) is 21.8 Å². The topological polar surface area (TPSA) is 117 Å². The zero-order valence-corrected chi connectivity index (χ0v) is 19.0. The highest BCUT2D eigenvalue weighted by Crippen LogP contribution is 2.27. The van der Waals surface area contributed by atoms with Crippen molar-refractivity contribution >= 4 is 23.4 Å². The Labute approximate surface area is 191 Å². The number of anilines is 3. The highest BCUT2D eigenvalue weighted by molar-refractivity contribution is 5.94. The number of aromatic nitrogens is 4. The number of hydroxylamine groups is 1. The predicted octanol–water partition coefficient (Wildman–Crippen LogP) is 2.97. The molecule has 0 aliphatic carbocycles. The largest absolute Gasteiger partial charge is 0.381 e. The molecule has 0 aliphatic heterocycles. The summed E-state index contributed by atoms with van der Waals surface area (Å²) in [6.45, 7) is 4.33. The number of ether oxygens (including phenoxy) is 1. The summed E-state index contributed by atoms with van der Waals surface area (Å²) >= 11 is 0. The first-order chi connectivity index (χ1) is 15.7. The molecular formula is C22H28FN7O3. The van der Waals surface area contributed by atoms with Gasteiger partial charge in [0.05, 0.1) is 31.0 Å². The molecule has 2 aromatic heterocycles. The van der Waals surface area contributed by atoms with Crippen LogP contribution in [0.25, 0.3) is 0 Å². The van der Waals surface area contributed by atoms with Crippen LogP contribution in [0, 0.1) is 12.7 Å². The Kier molecular flexibility index (Phi) is 7.91. The van der Waals surface area contributed by atoms with Gasteiger partial charge in [0.15, 0.2) is 5.82 Å².